The van der Waals surface area contributed by atoms with Crippen molar-refractivity contribution in [1.29, 1.82) is 0 Å². The summed E-state index contributed by atoms with van der Waals surface area (Å²) in [4.78, 5) is 16.0. The highest BCUT2D eigenvalue weighted by Crippen LogP contribution is 2.15. The van der Waals surface area contributed by atoms with Gasteiger partial charge in [0.1, 0.15) is 0 Å². The number of anilines is 3. The molecule has 1 unspecified atom stereocenters. The monoisotopic (exact) mass is 241 g/mol. The van der Waals surface area contributed by atoms with E-state index in [1.807, 2.05) is 21.0 Å². The molecule has 0 fully saturated rings. The molecule has 0 aromatic carbocycles. The average Bonchev–Trinajstić information content (AvgIpc) is 2.36. The molecule has 1 aromatic heterocycles. The molecule has 0 bridgehead atoms. The Morgan fingerprint density at radius 3 is 2.29 bits per heavy atom. The number of nitrogens with two attached hydrogens (primary N) is 1. The molecule has 1 atom stereocenters. The molecule has 4 N–H and O–H groups in total. The fraction of sp³-hybridized carbons (Fsp3) is 0.667. The molecule has 17 heavy (non-hydrogen) atoms. The molecule has 0 amide bonds. The minimum absolute atomic E-state index is 0.0187. The van der Waals surface area contributed by atoms with Crippen molar-refractivity contribution < 1.29 is 5.11 Å². The molecule has 0 saturated carbocycles. The molecule has 1 aromatic rings. The van der Waals surface area contributed by atoms with E-state index in [2.05, 4.69) is 20.4 Å². The summed E-state index contributed by atoms with van der Waals surface area (Å²) in [7, 11) is 5.46. The number of hydrogen-bond donors (Lipinski definition) is 3. The first-order chi connectivity index (χ1) is 7.99. The molecule has 8 heteroatoms. The minimum atomic E-state index is -0.0852. The van der Waals surface area contributed by atoms with E-state index < -0.39 is 0 Å². The molecule has 8 nitrogen and oxygen atoms in total. The van der Waals surface area contributed by atoms with Gasteiger partial charge in [-0.3, -0.25) is 5.43 Å². The second kappa shape index (κ2) is 5.60. The zero-order valence-corrected chi connectivity index (χ0v) is 10.5. The van der Waals surface area contributed by atoms with E-state index >= 15 is 0 Å². The third-order valence-corrected chi connectivity index (χ3v) is 2.38. The molecular weight excluding hydrogens is 222 g/mol. The summed E-state index contributed by atoms with van der Waals surface area (Å²) in [6, 6.07) is -0.0852. The SMILES string of the molecule is CC(CO)N(C)c1nc(NN)nc(N(C)C)n1. The summed E-state index contributed by atoms with van der Waals surface area (Å²) in [6.45, 7) is 1.89. The molecule has 0 aliphatic carbocycles. The number of nitrogens with one attached hydrogen (secondary N) is 1. The van der Waals surface area contributed by atoms with Gasteiger partial charge in [0.15, 0.2) is 0 Å². The first kappa shape index (κ1) is 13.4. The molecule has 0 aliphatic heterocycles. The molecule has 0 aliphatic rings. The third-order valence-electron chi connectivity index (χ3n) is 2.38. The molecule has 1 rings (SSSR count). The number of aliphatic hydroxyl groups is 1. The van der Waals surface area contributed by atoms with Crippen LogP contribution in [-0.4, -0.2) is 53.9 Å². The standard InChI is InChI=1S/C9H19N7O/c1-6(5-17)16(4)9-12-7(14-10)11-8(13-9)15(2)3/h6,17H,5,10H2,1-4H3,(H,11,12,13,14). The van der Waals surface area contributed by atoms with E-state index in [0.717, 1.165) is 0 Å². The number of rotatable bonds is 5. The van der Waals surface area contributed by atoms with Crippen LogP contribution in [0.3, 0.4) is 0 Å². The van der Waals surface area contributed by atoms with Crippen LogP contribution in [0.15, 0.2) is 0 Å². The Kier molecular flexibility index (Phi) is 4.41. The number of hydrazine groups is 1. The van der Waals surface area contributed by atoms with E-state index in [1.54, 1.807) is 16.8 Å². The number of nitrogen functional groups attached to an aromatic ring is 1. The lowest BCUT2D eigenvalue weighted by Crippen LogP contribution is -2.34. The van der Waals surface area contributed by atoms with Crippen LogP contribution in [0.2, 0.25) is 0 Å². The Hall–Kier alpha value is -1.67. The number of aromatic nitrogens is 3. The smallest absolute Gasteiger partial charge is 0.243 e. The van der Waals surface area contributed by atoms with Crippen molar-refractivity contribution in [3.05, 3.63) is 0 Å². The van der Waals surface area contributed by atoms with E-state index in [4.69, 9.17) is 10.9 Å². The van der Waals surface area contributed by atoms with Crippen LogP contribution in [0, 0.1) is 0 Å². The summed E-state index contributed by atoms with van der Waals surface area (Å²) < 4.78 is 0. The molecule has 0 saturated heterocycles. The Labute approximate surface area is 100 Å². The molecule has 96 valence electrons. The first-order valence-corrected chi connectivity index (χ1v) is 5.23. The maximum Gasteiger partial charge on any atom is 0.243 e. The lowest BCUT2D eigenvalue weighted by atomic mass is 10.3. The van der Waals surface area contributed by atoms with Crippen molar-refractivity contribution in [2.75, 3.05) is 43.0 Å². The van der Waals surface area contributed by atoms with Crippen molar-refractivity contribution in [1.82, 2.24) is 15.0 Å². The minimum Gasteiger partial charge on any atom is -0.394 e. The van der Waals surface area contributed by atoms with Crippen molar-refractivity contribution in [2.45, 2.75) is 13.0 Å². The van der Waals surface area contributed by atoms with Crippen molar-refractivity contribution >= 4 is 17.8 Å². The lowest BCUT2D eigenvalue weighted by molar-refractivity contribution is 0.269. The molecule has 0 spiro atoms. The summed E-state index contributed by atoms with van der Waals surface area (Å²) in [5.41, 5.74) is 2.40. The largest absolute Gasteiger partial charge is 0.394 e. The van der Waals surface area contributed by atoms with Crippen molar-refractivity contribution in [3.63, 3.8) is 0 Å². The van der Waals surface area contributed by atoms with Gasteiger partial charge in [-0.2, -0.15) is 15.0 Å². The van der Waals surface area contributed by atoms with Crippen LogP contribution in [0.25, 0.3) is 0 Å². The zero-order chi connectivity index (χ0) is 13.0. The van der Waals surface area contributed by atoms with Crippen LogP contribution >= 0.6 is 0 Å². The Morgan fingerprint density at radius 1 is 1.24 bits per heavy atom. The van der Waals surface area contributed by atoms with Gasteiger partial charge in [-0.15, -0.1) is 0 Å². The van der Waals surface area contributed by atoms with Crippen molar-refractivity contribution in [2.24, 2.45) is 5.84 Å². The fourth-order valence-corrected chi connectivity index (χ4v) is 1.10. The van der Waals surface area contributed by atoms with Gasteiger partial charge in [-0.1, -0.05) is 0 Å². The zero-order valence-electron chi connectivity index (χ0n) is 10.5. The summed E-state index contributed by atoms with van der Waals surface area (Å²) in [5.74, 6) is 6.55. The van der Waals surface area contributed by atoms with E-state index in [0.29, 0.717) is 11.9 Å². The average molecular weight is 241 g/mol. The summed E-state index contributed by atoms with van der Waals surface area (Å²) in [6.07, 6.45) is 0. The predicted molar refractivity (Wildman–Crippen MR) is 66.9 cm³/mol. The maximum atomic E-state index is 9.11. The van der Waals surface area contributed by atoms with Gasteiger partial charge >= 0.3 is 0 Å². The normalized spacial score (nSPS) is 12.1. The second-order valence-electron chi connectivity index (χ2n) is 3.94. The number of hydrogen-bond acceptors (Lipinski definition) is 8. The van der Waals surface area contributed by atoms with Gasteiger partial charge < -0.3 is 14.9 Å². The Bertz CT molecular complexity index is 370. The quantitative estimate of drug-likeness (QED) is 0.447. The second-order valence-corrected chi connectivity index (χ2v) is 3.94. The predicted octanol–water partition coefficient (Wildman–Crippen LogP) is -0.960. The first-order valence-electron chi connectivity index (χ1n) is 5.23. The summed E-state index contributed by atoms with van der Waals surface area (Å²) in [5, 5.41) is 9.11. The van der Waals surface area contributed by atoms with Gasteiger partial charge in [-0.25, -0.2) is 5.84 Å². The van der Waals surface area contributed by atoms with Gasteiger partial charge in [0.25, 0.3) is 0 Å². The maximum absolute atomic E-state index is 9.11. The summed E-state index contributed by atoms with van der Waals surface area (Å²) >= 11 is 0. The van der Waals surface area contributed by atoms with Crippen LogP contribution in [0.5, 0.6) is 0 Å². The van der Waals surface area contributed by atoms with Gasteiger partial charge in [0.05, 0.1) is 12.6 Å². The van der Waals surface area contributed by atoms with Crippen LogP contribution < -0.4 is 21.1 Å². The third kappa shape index (κ3) is 3.14. The number of likely N-dealkylation sites (N-methyl/N-ethyl adjacent to an activating group) is 1. The van der Waals surface area contributed by atoms with E-state index in [9.17, 15) is 0 Å². The topological polar surface area (TPSA) is 103 Å². The van der Waals surface area contributed by atoms with Crippen LogP contribution in [-0.2, 0) is 0 Å². The molecule has 1 heterocycles. The highest BCUT2D eigenvalue weighted by molar-refractivity contribution is 5.44. The lowest BCUT2D eigenvalue weighted by Gasteiger charge is -2.24. The van der Waals surface area contributed by atoms with Gasteiger partial charge in [0, 0.05) is 21.1 Å². The fourth-order valence-electron chi connectivity index (χ4n) is 1.10. The molecule has 0 radical (unpaired) electrons. The van der Waals surface area contributed by atoms with E-state index in [1.165, 1.54) is 0 Å². The highest BCUT2D eigenvalue weighted by atomic mass is 16.3. The van der Waals surface area contributed by atoms with Crippen LogP contribution in [0.4, 0.5) is 17.8 Å². The van der Waals surface area contributed by atoms with E-state index in [-0.39, 0.29) is 18.6 Å². The highest BCUT2D eigenvalue weighted by Gasteiger charge is 2.15. The molecular formula is C9H19N7O. The van der Waals surface area contributed by atoms with Gasteiger partial charge in [-0.05, 0) is 6.92 Å². The number of aliphatic hydroxyl groups excluding tert-OH is 1. The number of nitrogens with zero attached hydrogens (tertiary/aromatic N) is 5. The van der Waals surface area contributed by atoms with Crippen LogP contribution in [0.1, 0.15) is 6.92 Å². The Balaban J connectivity index is 3.10. The Morgan fingerprint density at radius 2 is 1.82 bits per heavy atom. The van der Waals surface area contributed by atoms with Gasteiger partial charge in [0.2, 0.25) is 17.8 Å². The van der Waals surface area contributed by atoms with Crippen molar-refractivity contribution in [3.8, 4) is 0 Å².